The summed E-state index contributed by atoms with van der Waals surface area (Å²) >= 11 is 3.09. The predicted molar refractivity (Wildman–Crippen MR) is 57.3 cm³/mol. The van der Waals surface area contributed by atoms with Crippen LogP contribution in [-0.4, -0.2) is 4.98 Å². The quantitative estimate of drug-likeness (QED) is 0.794. The molecule has 6 heteroatoms. The van der Waals surface area contributed by atoms with Gasteiger partial charge in [0.05, 0.1) is 11.1 Å². The number of para-hydroxylation sites is 1. The molecule has 0 atom stereocenters. The lowest BCUT2D eigenvalue weighted by Gasteiger charge is -2.10. The maximum atomic E-state index is 12.7. The third kappa shape index (κ3) is 1.84. The number of fused-ring (bicyclic) bond motifs is 1. The van der Waals surface area contributed by atoms with E-state index in [9.17, 15) is 18.0 Å². The van der Waals surface area contributed by atoms with Crippen molar-refractivity contribution in [2.24, 2.45) is 0 Å². The van der Waals surface area contributed by atoms with E-state index in [1.54, 1.807) is 6.07 Å². The second kappa shape index (κ2) is 3.62. The van der Waals surface area contributed by atoms with Gasteiger partial charge in [0.2, 0.25) is 5.56 Å². The third-order valence-electron chi connectivity index (χ3n) is 2.13. The molecule has 1 N–H and O–H groups in total. The molecule has 1 aromatic carbocycles. The van der Waals surface area contributed by atoms with Crippen LogP contribution in [0.5, 0.6) is 0 Å². The smallest absolute Gasteiger partial charge is 0.321 e. The summed E-state index contributed by atoms with van der Waals surface area (Å²) in [6.07, 6.45) is -4.53. The molecule has 0 aliphatic carbocycles. The molecule has 2 rings (SSSR count). The molecule has 84 valence electrons. The number of rotatable bonds is 0. The Morgan fingerprint density at radius 3 is 2.56 bits per heavy atom. The van der Waals surface area contributed by atoms with Crippen molar-refractivity contribution in [2.45, 2.75) is 6.18 Å². The second-order valence-electron chi connectivity index (χ2n) is 3.21. The van der Waals surface area contributed by atoms with Gasteiger partial charge in [-0.05, 0) is 22.0 Å². The summed E-state index contributed by atoms with van der Waals surface area (Å²) in [5.41, 5.74) is -1.54. The summed E-state index contributed by atoms with van der Waals surface area (Å²) < 4.78 is 38.4. The van der Waals surface area contributed by atoms with Crippen LogP contribution < -0.4 is 5.56 Å². The highest BCUT2D eigenvalue weighted by Crippen LogP contribution is 2.34. The summed E-state index contributed by atoms with van der Waals surface area (Å²) in [5, 5.41) is -0.0264. The van der Waals surface area contributed by atoms with Crippen LogP contribution in [0, 0.1) is 0 Å². The summed E-state index contributed by atoms with van der Waals surface area (Å²) in [7, 11) is 0. The number of hydrogen-bond acceptors (Lipinski definition) is 1. The maximum Gasteiger partial charge on any atom is 0.417 e. The van der Waals surface area contributed by atoms with Crippen LogP contribution in [-0.2, 0) is 6.18 Å². The van der Waals surface area contributed by atoms with Gasteiger partial charge in [-0.15, -0.1) is 0 Å². The average Bonchev–Trinajstić information content (AvgIpc) is 2.17. The van der Waals surface area contributed by atoms with Gasteiger partial charge in [-0.2, -0.15) is 13.2 Å². The van der Waals surface area contributed by atoms with Crippen LogP contribution in [0.15, 0.2) is 33.5 Å². The molecule has 0 fully saturated rings. The normalized spacial score (nSPS) is 12.0. The standard InChI is InChI=1S/C10H5BrF3NO/c11-7-3-1-2-5-6(10(12,13)14)4-8(16)15-9(5)7/h1-4H,(H,15,16). The van der Waals surface area contributed by atoms with Crippen LogP contribution in [0.25, 0.3) is 10.9 Å². The molecule has 0 bridgehead atoms. The summed E-state index contributed by atoms with van der Waals surface area (Å²) in [4.78, 5) is 13.5. The predicted octanol–water partition coefficient (Wildman–Crippen LogP) is 3.31. The Morgan fingerprint density at radius 2 is 1.94 bits per heavy atom. The fourth-order valence-electron chi connectivity index (χ4n) is 1.48. The molecule has 1 heterocycles. The van der Waals surface area contributed by atoms with Crippen molar-refractivity contribution in [3.05, 3.63) is 44.7 Å². The number of aromatic nitrogens is 1. The van der Waals surface area contributed by atoms with Gasteiger partial charge in [-0.1, -0.05) is 12.1 Å². The Labute approximate surface area is 96.2 Å². The molecule has 2 nitrogen and oxygen atoms in total. The van der Waals surface area contributed by atoms with E-state index >= 15 is 0 Å². The topological polar surface area (TPSA) is 32.9 Å². The third-order valence-corrected chi connectivity index (χ3v) is 2.79. The van der Waals surface area contributed by atoms with Crippen molar-refractivity contribution in [3.63, 3.8) is 0 Å². The first-order valence-electron chi connectivity index (χ1n) is 4.28. The van der Waals surface area contributed by atoms with E-state index in [-0.39, 0.29) is 10.9 Å². The molecule has 0 unspecified atom stereocenters. The first-order chi connectivity index (χ1) is 7.39. The van der Waals surface area contributed by atoms with E-state index in [4.69, 9.17) is 0 Å². The number of pyridine rings is 1. The number of hydrogen-bond donors (Lipinski definition) is 1. The van der Waals surface area contributed by atoms with Crippen molar-refractivity contribution in [3.8, 4) is 0 Å². The molecule has 0 amide bonds. The molecule has 0 saturated heterocycles. The van der Waals surface area contributed by atoms with E-state index in [0.29, 0.717) is 10.5 Å². The molecule has 1 aromatic heterocycles. The lowest BCUT2D eigenvalue weighted by atomic mass is 10.1. The van der Waals surface area contributed by atoms with Crippen molar-refractivity contribution in [2.75, 3.05) is 0 Å². The van der Waals surface area contributed by atoms with Gasteiger partial charge in [0.25, 0.3) is 0 Å². The van der Waals surface area contributed by atoms with Crippen molar-refractivity contribution >= 4 is 26.8 Å². The summed E-state index contributed by atoms with van der Waals surface area (Å²) in [5.74, 6) is 0. The number of H-pyrrole nitrogens is 1. The largest absolute Gasteiger partial charge is 0.417 e. The number of alkyl halides is 3. The zero-order chi connectivity index (χ0) is 11.9. The monoisotopic (exact) mass is 291 g/mol. The van der Waals surface area contributed by atoms with Crippen molar-refractivity contribution in [1.82, 2.24) is 4.98 Å². The minimum Gasteiger partial charge on any atom is -0.321 e. The minimum absolute atomic E-state index is 0.0264. The van der Waals surface area contributed by atoms with Gasteiger partial charge in [-0.3, -0.25) is 4.79 Å². The minimum atomic E-state index is -4.53. The Kier molecular flexibility index (Phi) is 2.53. The molecule has 0 aliphatic rings. The van der Waals surface area contributed by atoms with E-state index in [0.717, 1.165) is 0 Å². The molecule has 0 spiro atoms. The Bertz CT molecular complexity index is 603. The Hall–Kier alpha value is -1.30. The van der Waals surface area contributed by atoms with Gasteiger partial charge < -0.3 is 4.98 Å². The van der Waals surface area contributed by atoms with E-state index in [1.165, 1.54) is 12.1 Å². The van der Waals surface area contributed by atoms with Crippen LogP contribution in [0.3, 0.4) is 0 Å². The summed E-state index contributed by atoms with van der Waals surface area (Å²) in [6, 6.07) is 4.94. The van der Waals surface area contributed by atoms with Gasteiger partial charge >= 0.3 is 6.18 Å². The molecular weight excluding hydrogens is 287 g/mol. The number of halogens is 4. The fraction of sp³-hybridized carbons (Fsp3) is 0.100. The zero-order valence-electron chi connectivity index (χ0n) is 7.73. The zero-order valence-corrected chi connectivity index (χ0v) is 9.32. The first-order valence-corrected chi connectivity index (χ1v) is 5.07. The fourth-order valence-corrected chi connectivity index (χ4v) is 1.94. The first kappa shape index (κ1) is 11.2. The van der Waals surface area contributed by atoms with Gasteiger partial charge in [0.1, 0.15) is 0 Å². The van der Waals surface area contributed by atoms with Gasteiger partial charge in [0.15, 0.2) is 0 Å². The van der Waals surface area contributed by atoms with E-state index in [1.807, 2.05) is 0 Å². The molecule has 0 radical (unpaired) electrons. The highest BCUT2D eigenvalue weighted by molar-refractivity contribution is 9.10. The van der Waals surface area contributed by atoms with E-state index in [2.05, 4.69) is 20.9 Å². The van der Waals surface area contributed by atoms with Gasteiger partial charge in [0, 0.05) is 15.9 Å². The highest BCUT2D eigenvalue weighted by atomic mass is 79.9. The average molecular weight is 292 g/mol. The lowest BCUT2D eigenvalue weighted by Crippen LogP contribution is -2.14. The highest BCUT2D eigenvalue weighted by Gasteiger charge is 2.33. The SMILES string of the molecule is O=c1cc(C(F)(F)F)c2cccc(Br)c2[nH]1. The molecule has 16 heavy (non-hydrogen) atoms. The van der Waals surface area contributed by atoms with Crippen LogP contribution in [0.1, 0.15) is 5.56 Å². The van der Waals surface area contributed by atoms with E-state index < -0.39 is 17.3 Å². The summed E-state index contributed by atoms with van der Waals surface area (Å²) in [6.45, 7) is 0. The Morgan fingerprint density at radius 1 is 1.25 bits per heavy atom. The van der Waals surface area contributed by atoms with Crippen molar-refractivity contribution in [1.29, 1.82) is 0 Å². The lowest BCUT2D eigenvalue weighted by molar-refractivity contribution is -0.136. The van der Waals surface area contributed by atoms with Crippen molar-refractivity contribution < 1.29 is 13.2 Å². The molecule has 0 aliphatic heterocycles. The molecule has 2 aromatic rings. The second-order valence-corrected chi connectivity index (χ2v) is 4.06. The molecular formula is C10H5BrF3NO. The number of nitrogens with one attached hydrogen (secondary N) is 1. The number of aromatic amines is 1. The van der Waals surface area contributed by atoms with Crippen LogP contribution in [0.4, 0.5) is 13.2 Å². The van der Waals surface area contributed by atoms with Gasteiger partial charge in [-0.25, -0.2) is 0 Å². The molecule has 0 saturated carbocycles. The van der Waals surface area contributed by atoms with Crippen LogP contribution in [0.2, 0.25) is 0 Å². The van der Waals surface area contributed by atoms with Crippen LogP contribution >= 0.6 is 15.9 Å². The maximum absolute atomic E-state index is 12.7. The Balaban J connectivity index is 2.95. The number of benzene rings is 1.